The third-order valence-corrected chi connectivity index (χ3v) is 3.52. The standard InChI is InChI=1S/C16H22N2.ClH/c1-5-15-6-8-16(9-7-15)12-17-10-11-18(13(2)3)14(17)4;/h5-11,13-14H,1,12H2,2-4H3;1H. The van der Waals surface area contributed by atoms with Gasteiger partial charge >= 0.3 is 0 Å². The number of rotatable bonds is 4. The molecule has 1 aliphatic rings. The van der Waals surface area contributed by atoms with Crippen molar-refractivity contribution in [2.45, 2.75) is 39.5 Å². The maximum atomic E-state index is 3.78. The molecular weight excluding hydrogens is 256 g/mol. The second kappa shape index (κ2) is 6.67. The van der Waals surface area contributed by atoms with Crippen LogP contribution in [0.3, 0.4) is 0 Å². The van der Waals surface area contributed by atoms with E-state index in [2.05, 4.69) is 73.8 Å². The molecule has 1 heterocycles. The highest BCUT2D eigenvalue weighted by Crippen LogP contribution is 2.21. The van der Waals surface area contributed by atoms with E-state index >= 15 is 0 Å². The number of hydrogen-bond acceptors (Lipinski definition) is 2. The largest absolute Gasteiger partial charge is 0.354 e. The summed E-state index contributed by atoms with van der Waals surface area (Å²) in [6, 6.07) is 9.13. The summed E-state index contributed by atoms with van der Waals surface area (Å²) in [5.41, 5.74) is 2.51. The van der Waals surface area contributed by atoms with Crippen LogP contribution in [0.1, 0.15) is 31.9 Å². The quantitative estimate of drug-likeness (QED) is 0.818. The van der Waals surface area contributed by atoms with Crippen molar-refractivity contribution in [1.82, 2.24) is 9.80 Å². The van der Waals surface area contributed by atoms with Gasteiger partial charge in [0.25, 0.3) is 0 Å². The van der Waals surface area contributed by atoms with Crippen molar-refractivity contribution in [1.29, 1.82) is 0 Å². The van der Waals surface area contributed by atoms with Crippen molar-refractivity contribution in [2.75, 3.05) is 0 Å². The van der Waals surface area contributed by atoms with Crippen molar-refractivity contribution in [3.05, 3.63) is 54.4 Å². The molecule has 0 saturated heterocycles. The molecule has 1 aromatic carbocycles. The fourth-order valence-corrected chi connectivity index (χ4v) is 2.34. The summed E-state index contributed by atoms with van der Waals surface area (Å²) in [6.45, 7) is 11.4. The van der Waals surface area contributed by atoms with Gasteiger partial charge in [-0.3, -0.25) is 0 Å². The molecule has 0 radical (unpaired) electrons. The lowest BCUT2D eigenvalue weighted by Gasteiger charge is -2.32. The highest BCUT2D eigenvalue weighted by Gasteiger charge is 2.23. The van der Waals surface area contributed by atoms with Crippen LogP contribution in [0.15, 0.2) is 43.2 Å². The lowest BCUT2D eigenvalue weighted by molar-refractivity contribution is 0.138. The molecule has 0 bridgehead atoms. The van der Waals surface area contributed by atoms with Crippen molar-refractivity contribution < 1.29 is 0 Å². The average molecular weight is 279 g/mol. The van der Waals surface area contributed by atoms with Crippen LogP contribution in [-0.2, 0) is 6.54 Å². The molecule has 0 aromatic heterocycles. The van der Waals surface area contributed by atoms with Crippen LogP contribution in [0.2, 0.25) is 0 Å². The Kier molecular flexibility index (Phi) is 5.49. The molecule has 19 heavy (non-hydrogen) atoms. The number of benzene rings is 1. The Bertz CT molecular complexity index is 437. The zero-order valence-corrected chi connectivity index (χ0v) is 12.7. The topological polar surface area (TPSA) is 6.48 Å². The van der Waals surface area contributed by atoms with E-state index in [1.54, 1.807) is 0 Å². The molecule has 0 aliphatic carbocycles. The molecule has 0 saturated carbocycles. The van der Waals surface area contributed by atoms with Crippen molar-refractivity contribution >= 4 is 18.5 Å². The molecule has 3 heteroatoms. The summed E-state index contributed by atoms with van der Waals surface area (Å²) in [4.78, 5) is 4.74. The van der Waals surface area contributed by atoms with Gasteiger partial charge in [-0.1, -0.05) is 36.9 Å². The third kappa shape index (κ3) is 3.54. The maximum Gasteiger partial charge on any atom is 0.0983 e. The summed E-state index contributed by atoms with van der Waals surface area (Å²) >= 11 is 0. The van der Waals surface area contributed by atoms with Crippen LogP contribution in [-0.4, -0.2) is 22.0 Å². The minimum Gasteiger partial charge on any atom is -0.354 e. The van der Waals surface area contributed by atoms with Gasteiger partial charge in [-0.05, 0) is 31.9 Å². The Morgan fingerprint density at radius 2 is 1.84 bits per heavy atom. The second-order valence-electron chi connectivity index (χ2n) is 5.09. The van der Waals surface area contributed by atoms with Crippen LogP contribution in [0.25, 0.3) is 6.08 Å². The fraction of sp³-hybridized carbons (Fsp3) is 0.375. The molecule has 1 unspecified atom stereocenters. The van der Waals surface area contributed by atoms with E-state index in [1.165, 1.54) is 11.1 Å². The summed E-state index contributed by atoms with van der Waals surface area (Å²) in [7, 11) is 0. The first kappa shape index (κ1) is 15.6. The highest BCUT2D eigenvalue weighted by molar-refractivity contribution is 5.85. The first-order valence-electron chi connectivity index (χ1n) is 6.54. The molecule has 1 aliphatic heterocycles. The van der Waals surface area contributed by atoms with Gasteiger partial charge in [-0.2, -0.15) is 0 Å². The molecule has 0 amide bonds. The smallest absolute Gasteiger partial charge is 0.0983 e. The summed E-state index contributed by atoms with van der Waals surface area (Å²) in [6.07, 6.45) is 6.69. The zero-order chi connectivity index (χ0) is 13.1. The third-order valence-electron chi connectivity index (χ3n) is 3.52. The van der Waals surface area contributed by atoms with Crippen LogP contribution in [0, 0.1) is 0 Å². The maximum absolute atomic E-state index is 3.78. The van der Waals surface area contributed by atoms with Crippen molar-refractivity contribution in [2.24, 2.45) is 0 Å². The van der Waals surface area contributed by atoms with Crippen LogP contribution < -0.4 is 0 Å². The van der Waals surface area contributed by atoms with Gasteiger partial charge < -0.3 is 9.80 Å². The Hall–Kier alpha value is -1.41. The minimum absolute atomic E-state index is 0. The summed E-state index contributed by atoms with van der Waals surface area (Å²) in [5, 5.41) is 0. The molecule has 1 aromatic rings. The number of halogens is 1. The molecule has 0 spiro atoms. The van der Waals surface area contributed by atoms with Gasteiger partial charge in [-0.25, -0.2) is 0 Å². The lowest BCUT2D eigenvalue weighted by atomic mass is 10.1. The Morgan fingerprint density at radius 1 is 1.21 bits per heavy atom. The summed E-state index contributed by atoms with van der Waals surface area (Å²) < 4.78 is 0. The molecule has 0 N–H and O–H groups in total. The van der Waals surface area contributed by atoms with Gasteiger partial charge in [0.15, 0.2) is 0 Å². The van der Waals surface area contributed by atoms with E-state index in [0.717, 1.165) is 6.54 Å². The first-order valence-corrected chi connectivity index (χ1v) is 6.54. The fourth-order valence-electron chi connectivity index (χ4n) is 2.34. The predicted molar refractivity (Wildman–Crippen MR) is 84.9 cm³/mol. The summed E-state index contributed by atoms with van der Waals surface area (Å²) in [5.74, 6) is 0. The Labute approximate surface area is 122 Å². The first-order chi connectivity index (χ1) is 8.61. The number of nitrogens with zero attached hydrogens (tertiary/aromatic N) is 2. The van der Waals surface area contributed by atoms with E-state index in [1.807, 2.05) is 6.08 Å². The van der Waals surface area contributed by atoms with Gasteiger partial charge in [0.1, 0.15) is 0 Å². The normalized spacial score (nSPS) is 17.8. The van der Waals surface area contributed by atoms with Crippen LogP contribution >= 0.6 is 12.4 Å². The van der Waals surface area contributed by atoms with E-state index in [0.29, 0.717) is 12.2 Å². The average Bonchev–Trinajstić information content (AvgIpc) is 2.72. The molecule has 104 valence electrons. The molecule has 0 fully saturated rings. The van der Waals surface area contributed by atoms with E-state index in [-0.39, 0.29) is 12.4 Å². The van der Waals surface area contributed by atoms with Gasteiger partial charge in [-0.15, -0.1) is 12.4 Å². The molecule has 2 rings (SSSR count). The van der Waals surface area contributed by atoms with Gasteiger partial charge in [0.05, 0.1) is 6.17 Å². The highest BCUT2D eigenvalue weighted by atomic mass is 35.5. The molecule has 2 nitrogen and oxygen atoms in total. The van der Waals surface area contributed by atoms with Gasteiger partial charge in [0.2, 0.25) is 0 Å². The van der Waals surface area contributed by atoms with Crippen molar-refractivity contribution in [3.8, 4) is 0 Å². The van der Waals surface area contributed by atoms with E-state index in [4.69, 9.17) is 0 Å². The van der Waals surface area contributed by atoms with Crippen LogP contribution in [0.5, 0.6) is 0 Å². The Morgan fingerprint density at radius 3 is 2.32 bits per heavy atom. The lowest BCUT2D eigenvalue weighted by Crippen LogP contribution is -2.39. The van der Waals surface area contributed by atoms with Gasteiger partial charge in [0, 0.05) is 25.0 Å². The van der Waals surface area contributed by atoms with E-state index < -0.39 is 0 Å². The zero-order valence-electron chi connectivity index (χ0n) is 11.9. The number of hydrogen-bond donors (Lipinski definition) is 0. The molecule has 1 atom stereocenters. The van der Waals surface area contributed by atoms with E-state index in [9.17, 15) is 0 Å². The molecular formula is C16H23ClN2. The minimum atomic E-state index is 0. The SMILES string of the molecule is C=Cc1ccc(CN2C=CN(C(C)C)C2C)cc1.Cl. The van der Waals surface area contributed by atoms with Crippen molar-refractivity contribution in [3.63, 3.8) is 0 Å². The van der Waals surface area contributed by atoms with Crippen LogP contribution in [0.4, 0.5) is 0 Å². The Balaban J connectivity index is 0.00000180. The predicted octanol–water partition coefficient (Wildman–Crippen LogP) is 4.09. The monoisotopic (exact) mass is 278 g/mol. The second-order valence-corrected chi connectivity index (χ2v) is 5.09.